The van der Waals surface area contributed by atoms with E-state index in [9.17, 15) is 24.3 Å². The van der Waals surface area contributed by atoms with E-state index in [1.165, 1.54) is 0 Å². The van der Waals surface area contributed by atoms with Crippen LogP contribution in [-0.4, -0.2) is 73.8 Å². The molecule has 1 rings (SSSR count). The van der Waals surface area contributed by atoms with Crippen molar-refractivity contribution in [3.8, 4) is 0 Å². The number of aliphatic carboxylic acids is 2. The Labute approximate surface area is 205 Å². The third-order valence-corrected chi connectivity index (χ3v) is 5.26. The number of unbranched alkanes of at least 4 members (excludes halogenated alkanes) is 1. The molecule has 35 heavy (non-hydrogen) atoms. The van der Waals surface area contributed by atoms with Crippen LogP contribution in [0.2, 0.25) is 0 Å². The Morgan fingerprint density at radius 3 is 2.46 bits per heavy atom. The lowest BCUT2D eigenvalue weighted by molar-refractivity contribution is -0.139. The van der Waals surface area contributed by atoms with E-state index in [-0.39, 0.29) is 24.9 Å². The Bertz CT molecular complexity index is 825. The Kier molecular flexibility index (Phi) is 12.9. The summed E-state index contributed by atoms with van der Waals surface area (Å²) in [4.78, 5) is 45.1. The van der Waals surface area contributed by atoms with Crippen molar-refractivity contribution in [1.29, 1.82) is 0 Å². The lowest BCUT2D eigenvalue weighted by atomic mass is 10.0. The van der Waals surface area contributed by atoms with Gasteiger partial charge in [-0.25, -0.2) is 9.59 Å². The van der Waals surface area contributed by atoms with Crippen LogP contribution in [0.1, 0.15) is 71.9 Å². The van der Waals surface area contributed by atoms with Crippen LogP contribution in [-0.2, 0) is 32.1 Å². The molecule has 0 aliphatic heterocycles. The Morgan fingerprint density at radius 1 is 1.14 bits per heavy atom. The van der Waals surface area contributed by atoms with E-state index in [2.05, 4.69) is 34.8 Å². The number of aromatic nitrogens is 3. The molecule has 12 heteroatoms. The number of ether oxygens (including phenoxy) is 1. The zero-order chi connectivity index (χ0) is 26.4. The number of carboxylic acid groups (broad SMARTS) is 2. The SMILES string of the molecule is CC(C)CCOC(C)(C)Cc1cn(CCCC[C@H](NC(=O)N[C@H](C=O)CCC(=O)O)C(=O)O)nn1. The Morgan fingerprint density at radius 2 is 1.86 bits per heavy atom. The third kappa shape index (κ3) is 13.5. The molecule has 0 radical (unpaired) electrons. The molecule has 0 saturated heterocycles. The number of carbonyl (C=O) groups excluding carboxylic acids is 2. The first kappa shape index (κ1) is 30.0. The van der Waals surface area contributed by atoms with Crippen LogP contribution < -0.4 is 10.6 Å². The molecule has 0 saturated carbocycles. The zero-order valence-electron chi connectivity index (χ0n) is 21.0. The van der Waals surface area contributed by atoms with Crippen molar-refractivity contribution in [3.63, 3.8) is 0 Å². The first-order valence-corrected chi connectivity index (χ1v) is 11.9. The van der Waals surface area contributed by atoms with Crippen molar-refractivity contribution in [1.82, 2.24) is 25.6 Å². The monoisotopic (exact) mass is 497 g/mol. The van der Waals surface area contributed by atoms with Crippen LogP contribution in [0, 0.1) is 5.92 Å². The van der Waals surface area contributed by atoms with Gasteiger partial charge in [0.2, 0.25) is 0 Å². The largest absolute Gasteiger partial charge is 0.481 e. The van der Waals surface area contributed by atoms with E-state index in [0.717, 1.165) is 12.1 Å². The second-order valence-corrected chi connectivity index (χ2v) is 9.62. The van der Waals surface area contributed by atoms with E-state index in [4.69, 9.17) is 9.84 Å². The highest BCUT2D eigenvalue weighted by molar-refractivity contribution is 5.84. The van der Waals surface area contributed by atoms with Gasteiger partial charge in [0.25, 0.3) is 0 Å². The van der Waals surface area contributed by atoms with Gasteiger partial charge in [-0.15, -0.1) is 5.10 Å². The first-order chi connectivity index (χ1) is 16.4. The summed E-state index contributed by atoms with van der Waals surface area (Å²) in [7, 11) is 0. The molecule has 198 valence electrons. The van der Waals surface area contributed by atoms with Crippen molar-refractivity contribution >= 4 is 24.3 Å². The first-order valence-electron chi connectivity index (χ1n) is 11.9. The topological polar surface area (TPSA) is 173 Å². The van der Waals surface area contributed by atoms with Gasteiger partial charge in [-0.3, -0.25) is 9.48 Å². The smallest absolute Gasteiger partial charge is 0.326 e. The van der Waals surface area contributed by atoms with Crippen LogP contribution in [0.15, 0.2) is 6.20 Å². The summed E-state index contributed by atoms with van der Waals surface area (Å²) in [6, 6.07) is -2.98. The highest BCUT2D eigenvalue weighted by Crippen LogP contribution is 2.17. The van der Waals surface area contributed by atoms with E-state index >= 15 is 0 Å². The van der Waals surface area contributed by atoms with Gasteiger partial charge < -0.3 is 30.4 Å². The molecular weight excluding hydrogens is 458 g/mol. The maximum Gasteiger partial charge on any atom is 0.326 e. The van der Waals surface area contributed by atoms with Crippen molar-refractivity contribution in [3.05, 3.63) is 11.9 Å². The fraction of sp³-hybridized carbons (Fsp3) is 0.739. The number of rotatable bonds is 18. The summed E-state index contributed by atoms with van der Waals surface area (Å²) in [5, 5.41) is 31.0. The van der Waals surface area contributed by atoms with E-state index in [1.807, 2.05) is 20.0 Å². The highest BCUT2D eigenvalue weighted by atomic mass is 16.5. The average Bonchev–Trinajstić information content (AvgIpc) is 3.18. The summed E-state index contributed by atoms with van der Waals surface area (Å²) in [6.45, 7) is 9.57. The predicted molar refractivity (Wildman–Crippen MR) is 127 cm³/mol. The van der Waals surface area contributed by atoms with Crippen molar-refractivity contribution in [2.75, 3.05) is 6.61 Å². The van der Waals surface area contributed by atoms with Gasteiger partial charge in [0.05, 0.1) is 17.3 Å². The zero-order valence-corrected chi connectivity index (χ0v) is 21.0. The quantitative estimate of drug-likeness (QED) is 0.175. The molecule has 2 atom stereocenters. The van der Waals surface area contributed by atoms with Gasteiger partial charge in [0.15, 0.2) is 0 Å². The van der Waals surface area contributed by atoms with E-state index in [1.54, 1.807) is 4.68 Å². The van der Waals surface area contributed by atoms with Crippen LogP contribution >= 0.6 is 0 Å². The minimum Gasteiger partial charge on any atom is -0.481 e. The standard InChI is InChI=1S/C23H39N5O7/c1-16(2)10-12-35-23(3,4)13-18-14-28(27-26-18)11-6-5-7-19(21(32)33)25-22(34)24-17(15-29)8-9-20(30)31/h14-17,19H,5-13H2,1-4H3,(H,30,31)(H,32,33)(H2,24,25,34)/t17-,19-/m0/s1. The van der Waals surface area contributed by atoms with Gasteiger partial charge in [-0.05, 0) is 51.9 Å². The lowest BCUT2D eigenvalue weighted by Crippen LogP contribution is -2.49. The number of urea groups is 1. The summed E-state index contributed by atoms with van der Waals surface area (Å²) in [5.74, 6) is -1.72. The molecule has 1 heterocycles. The number of hydrogen-bond acceptors (Lipinski definition) is 7. The molecule has 1 aromatic heterocycles. The number of nitrogens with zero attached hydrogens (tertiary/aromatic N) is 3. The molecular formula is C23H39N5O7. The Hall–Kier alpha value is -3.02. The van der Waals surface area contributed by atoms with Crippen molar-refractivity contribution in [2.24, 2.45) is 5.92 Å². The molecule has 0 bridgehead atoms. The second-order valence-electron chi connectivity index (χ2n) is 9.62. The van der Waals surface area contributed by atoms with Crippen LogP contribution in [0.25, 0.3) is 0 Å². The number of amides is 2. The number of hydrogen-bond donors (Lipinski definition) is 4. The minimum absolute atomic E-state index is 0.0782. The van der Waals surface area contributed by atoms with Crippen molar-refractivity contribution in [2.45, 2.75) is 96.9 Å². The molecule has 0 aliphatic carbocycles. The summed E-state index contributed by atoms with van der Waals surface area (Å²) in [5.41, 5.74) is 0.460. The number of nitrogens with one attached hydrogen (secondary N) is 2. The molecule has 0 spiro atoms. The number of carbonyl (C=O) groups is 4. The number of carboxylic acids is 2. The average molecular weight is 498 g/mol. The molecule has 12 nitrogen and oxygen atoms in total. The molecule has 0 aliphatic rings. The van der Waals surface area contributed by atoms with E-state index in [0.29, 0.717) is 44.6 Å². The number of aryl methyl sites for hydroxylation is 1. The summed E-state index contributed by atoms with van der Waals surface area (Å²) < 4.78 is 7.67. The molecule has 1 aromatic rings. The van der Waals surface area contributed by atoms with Crippen LogP contribution in [0.4, 0.5) is 4.79 Å². The lowest BCUT2D eigenvalue weighted by Gasteiger charge is -2.24. The summed E-state index contributed by atoms with van der Waals surface area (Å²) in [6.07, 6.45) is 4.83. The van der Waals surface area contributed by atoms with E-state index < -0.39 is 30.1 Å². The highest BCUT2D eigenvalue weighted by Gasteiger charge is 2.22. The Balaban J connectivity index is 2.43. The summed E-state index contributed by atoms with van der Waals surface area (Å²) >= 11 is 0. The maximum atomic E-state index is 12.0. The normalized spacial score (nSPS) is 13.3. The van der Waals surface area contributed by atoms with Crippen molar-refractivity contribution < 1.29 is 34.1 Å². The van der Waals surface area contributed by atoms with Gasteiger partial charge in [-0.1, -0.05) is 19.1 Å². The maximum absolute atomic E-state index is 12.0. The van der Waals surface area contributed by atoms with Crippen LogP contribution in [0.5, 0.6) is 0 Å². The molecule has 4 N–H and O–H groups in total. The fourth-order valence-corrected chi connectivity index (χ4v) is 3.29. The fourth-order valence-electron chi connectivity index (χ4n) is 3.29. The second kappa shape index (κ2) is 15.1. The third-order valence-electron chi connectivity index (χ3n) is 5.26. The van der Waals surface area contributed by atoms with Gasteiger partial charge in [0, 0.05) is 32.2 Å². The minimum atomic E-state index is -1.20. The molecule has 0 unspecified atom stereocenters. The number of aldehydes is 1. The van der Waals surface area contributed by atoms with Gasteiger partial charge in [-0.2, -0.15) is 0 Å². The molecule has 0 aromatic carbocycles. The predicted octanol–water partition coefficient (Wildman–Crippen LogP) is 2.02. The van der Waals surface area contributed by atoms with Crippen LogP contribution in [0.3, 0.4) is 0 Å². The van der Waals surface area contributed by atoms with Gasteiger partial charge >= 0.3 is 18.0 Å². The van der Waals surface area contributed by atoms with Gasteiger partial charge in [0.1, 0.15) is 12.3 Å². The molecule has 0 fully saturated rings. The molecule has 2 amide bonds.